The minimum atomic E-state index is 0.114. The molecule has 0 bridgehead atoms. The first-order valence-corrected chi connectivity index (χ1v) is 6.26. The maximum Gasteiger partial charge on any atom is 0.118 e. The van der Waals surface area contributed by atoms with Crippen LogP contribution in [0.5, 0.6) is 5.75 Å². The van der Waals surface area contributed by atoms with Gasteiger partial charge in [-0.05, 0) is 49.2 Å². The quantitative estimate of drug-likeness (QED) is 0.796. The molecule has 0 amide bonds. The van der Waals surface area contributed by atoms with Gasteiger partial charge in [0.1, 0.15) is 5.75 Å². The molecular formula is C15H16ClNO. The highest BCUT2D eigenvalue weighted by atomic mass is 35.5. The molecule has 2 rings (SSSR count). The monoisotopic (exact) mass is 261 g/mol. The van der Waals surface area contributed by atoms with Crippen LogP contribution in [0.2, 0.25) is 5.02 Å². The van der Waals surface area contributed by atoms with Crippen LogP contribution in [0.1, 0.15) is 24.1 Å². The van der Waals surface area contributed by atoms with E-state index in [0.717, 1.165) is 21.8 Å². The normalized spacial score (nSPS) is 12.2. The molecule has 0 aliphatic rings. The number of rotatable bonds is 3. The average molecular weight is 262 g/mol. The Balaban J connectivity index is 2.19. The molecule has 18 heavy (non-hydrogen) atoms. The SMILES string of the molecule is Cc1cc(NC(C)c2ccccc2Cl)ccc1O. The van der Waals surface area contributed by atoms with Crippen molar-refractivity contribution in [3.8, 4) is 5.75 Å². The predicted molar refractivity (Wildman–Crippen MR) is 76.3 cm³/mol. The van der Waals surface area contributed by atoms with E-state index in [-0.39, 0.29) is 6.04 Å². The molecule has 2 N–H and O–H groups in total. The van der Waals surface area contributed by atoms with E-state index in [2.05, 4.69) is 12.2 Å². The molecule has 0 heterocycles. The van der Waals surface area contributed by atoms with Crippen LogP contribution in [0.25, 0.3) is 0 Å². The van der Waals surface area contributed by atoms with E-state index in [4.69, 9.17) is 11.6 Å². The number of phenolic OH excluding ortho intramolecular Hbond substituents is 1. The zero-order chi connectivity index (χ0) is 13.1. The fraction of sp³-hybridized carbons (Fsp3) is 0.200. The number of halogens is 1. The van der Waals surface area contributed by atoms with Gasteiger partial charge < -0.3 is 10.4 Å². The number of nitrogens with one attached hydrogen (secondary N) is 1. The molecule has 0 radical (unpaired) electrons. The van der Waals surface area contributed by atoms with Crippen LogP contribution in [-0.2, 0) is 0 Å². The smallest absolute Gasteiger partial charge is 0.118 e. The summed E-state index contributed by atoms with van der Waals surface area (Å²) in [5.74, 6) is 0.311. The van der Waals surface area contributed by atoms with Crippen molar-refractivity contribution in [1.82, 2.24) is 0 Å². The Morgan fingerprint density at radius 2 is 1.89 bits per heavy atom. The van der Waals surface area contributed by atoms with Gasteiger partial charge in [-0.2, -0.15) is 0 Å². The van der Waals surface area contributed by atoms with Crippen molar-refractivity contribution >= 4 is 17.3 Å². The Bertz CT molecular complexity index is 554. The van der Waals surface area contributed by atoms with Crippen LogP contribution in [0, 0.1) is 6.92 Å². The minimum Gasteiger partial charge on any atom is -0.508 e. The fourth-order valence-corrected chi connectivity index (χ4v) is 2.20. The van der Waals surface area contributed by atoms with Gasteiger partial charge in [0, 0.05) is 16.8 Å². The van der Waals surface area contributed by atoms with Crippen LogP contribution >= 0.6 is 11.6 Å². The first-order valence-electron chi connectivity index (χ1n) is 5.88. The highest BCUT2D eigenvalue weighted by Crippen LogP contribution is 2.27. The van der Waals surface area contributed by atoms with Gasteiger partial charge in [0.2, 0.25) is 0 Å². The summed E-state index contributed by atoms with van der Waals surface area (Å²) in [6, 6.07) is 13.4. The number of aromatic hydroxyl groups is 1. The van der Waals surface area contributed by atoms with Gasteiger partial charge in [0.05, 0.1) is 0 Å². The molecule has 0 saturated heterocycles. The lowest BCUT2D eigenvalue weighted by Crippen LogP contribution is -2.07. The van der Waals surface area contributed by atoms with E-state index >= 15 is 0 Å². The molecule has 0 saturated carbocycles. The number of anilines is 1. The molecule has 1 unspecified atom stereocenters. The second kappa shape index (κ2) is 5.32. The van der Waals surface area contributed by atoms with Gasteiger partial charge in [-0.25, -0.2) is 0 Å². The Kier molecular flexibility index (Phi) is 3.78. The van der Waals surface area contributed by atoms with Crippen molar-refractivity contribution in [3.63, 3.8) is 0 Å². The van der Waals surface area contributed by atoms with E-state index in [1.54, 1.807) is 6.07 Å². The summed E-state index contributed by atoms with van der Waals surface area (Å²) in [5.41, 5.74) is 2.88. The summed E-state index contributed by atoms with van der Waals surface area (Å²) in [6.07, 6.45) is 0. The van der Waals surface area contributed by atoms with Crippen molar-refractivity contribution in [3.05, 3.63) is 58.6 Å². The Hall–Kier alpha value is -1.67. The molecule has 2 aromatic carbocycles. The lowest BCUT2D eigenvalue weighted by molar-refractivity contribution is 0.471. The van der Waals surface area contributed by atoms with Crippen molar-refractivity contribution in [1.29, 1.82) is 0 Å². The third kappa shape index (κ3) is 2.77. The largest absolute Gasteiger partial charge is 0.508 e. The summed E-state index contributed by atoms with van der Waals surface area (Å²) in [6.45, 7) is 3.93. The van der Waals surface area contributed by atoms with Crippen LogP contribution in [0.4, 0.5) is 5.69 Å². The van der Waals surface area contributed by atoms with Gasteiger partial charge in [-0.1, -0.05) is 29.8 Å². The third-order valence-electron chi connectivity index (χ3n) is 2.95. The molecule has 3 heteroatoms. The zero-order valence-corrected chi connectivity index (χ0v) is 11.2. The Morgan fingerprint density at radius 1 is 1.17 bits per heavy atom. The maximum absolute atomic E-state index is 9.49. The zero-order valence-electron chi connectivity index (χ0n) is 10.4. The predicted octanol–water partition coefficient (Wildman–Crippen LogP) is 4.53. The summed E-state index contributed by atoms with van der Waals surface area (Å²) < 4.78 is 0. The molecule has 0 fully saturated rings. The van der Waals surface area contributed by atoms with Crippen LogP contribution in [0.15, 0.2) is 42.5 Å². The summed E-state index contributed by atoms with van der Waals surface area (Å²) in [7, 11) is 0. The number of phenols is 1. The molecule has 2 aromatic rings. The Morgan fingerprint density at radius 3 is 2.56 bits per heavy atom. The molecule has 94 valence electrons. The topological polar surface area (TPSA) is 32.3 Å². The summed E-state index contributed by atoms with van der Waals surface area (Å²) in [5, 5.41) is 13.6. The molecule has 0 spiro atoms. The van der Waals surface area contributed by atoms with Gasteiger partial charge in [-0.3, -0.25) is 0 Å². The summed E-state index contributed by atoms with van der Waals surface area (Å²) >= 11 is 6.16. The molecule has 0 aliphatic carbocycles. The number of hydrogen-bond acceptors (Lipinski definition) is 2. The second-order valence-corrected chi connectivity index (χ2v) is 4.80. The average Bonchev–Trinajstić information content (AvgIpc) is 2.34. The van der Waals surface area contributed by atoms with Crippen LogP contribution < -0.4 is 5.32 Å². The van der Waals surface area contributed by atoms with Gasteiger partial charge in [-0.15, -0.1) is 0 Å². The van der Waals surface area contributed by atoms with E-state index in [0.29, 0.717) is 5.75 Å². The van der Waals surface area contributed by atoms with Gasteiger partial charge in [0.15, 0.2) is 0 Å². The standard InChI is InChI=1S/C15H16ClNO/c1-10-9-12(7-8-15(10)18)17-11(2)13-5-3-4-6-14(13)16/h3-9,11,17-18H,1-2H3. The lowest BCUT2D eigenvalue weighted by atomic mass is 10.1. The molecule has 0 aromatic heterocycles. The fourth-order valence-electron chi connectivity index (χ4n) is 1.90. The first-order chi connectivity index (χ1) is 8.58. The van der Waals surface area contributed by atoms with E-state index in [1.807, 2.05) is 43.3 Å². The second-order valence-electron chi connectivity index (χ2n) is 4.39. The molecule has 2 nitrogen and oxygen atoms in total. The highest BCUT2D eigenvalue weighted by Gasteiger charge is 2.09. The number of hydrogen-bond donors (Lipinski definition) is 2. The Labute approximate surface area is 112 Å². The van der Waals surface area contributed by atoms with Crippen molar-refractivity contribution in [2.24, 2.45) is 0 Å². The van der Waals surface area contributed by atoms with Crippen LogP contribution in [0.3, 0.4) is 0 Å². The van der Waals surface area contributed by atoms with Gasteiger partial charge in [0.25, 0.3) is 0 Å². The lowest BCUT2D eigenvalue weighted by Gasteiger charge is -2.17. The number of aryl methyl sites for hydroxylation is 1. The van der Waals surface area contributed by atoms with Crippen molar-refractivity contribution in [2.45, 2.75) is 19.9 Å². The van der Waals surface area contributed by atoms with Crippen molar-refractivity contribution < 1.29 is 5.11 Å². The summed E-state index contributed by atoms with van der Waals surface area (Å²) in [4.78, 5) is 0. The molecular weight excluding hydrogens is 246 g/mol. The third-order valence-corrected chi connectivity index (χ3v) is 3.30. The van der Waals surface area contributed by atoms with Gasteiger partial charge >= 0.3 is 0 Å². The maximum atomic E-state index is 9.49. The molecule has 0 aliphatic heterocycles. The highest BCUT2D eigenvalue weighted by molar-refractivity contribution is 6.31. The van der Waals surface area contributed by atoms with Crippen molar-refractivity contribution in [2.75, 3.05) is 5.32 Å². The minimum absolute atomic E-state index is 0.114. The number of benzene rings is 2. The first kappa shape index (κ1) is 12.8. The van der Waals surface area contributed by atoms with E-state index in [1.165, 1.54) is 0 Å². The van der Waals surface area contributed by atoms with E-state index in [9.17, 15) is 5.11 Å². The molecule has 1 atom stereocenters. The van der Waals surface area contributed by atoms with E-state index < -0.39 is 0 Å². The van der Waals surface area contributed by atoms with Crippen LogP contribution in [-0.4, -0.2) is 5.11 Å².